The Morgan fingerprint density at radius 1 is 0.960 bits per heavy atom. The number of nitrogens with zero attached hydrogens (tertiary/aromatic N) is 2. The smallest absolute Gasteiger partial charge is 0.247 e. The third-order valence-electron chi connectivity index (χ3n) is 3.92. The van der Waals surface area contributed by atoms with Gasteiger partial charge in [-0.1, -0.05) is 12.1 Å². The Morgan fingerprint density at radius 3 is 2.52 bits per heavy atom. The number of hydrogen-bond donors (Lipinski definition) is 1. The Balaban J connectivity index is 1.75. The molecule has 25 heavy (non-hydrogen) atoms. The molecule has 0 fully saturated rings. The van der Waals surface area contributed by atoms with Crippen LogP contribution in [-0.4, -0.2) is 24.4 Å². The number of nitrogens with one attached hydrogen (secondary N) is 1. The fourth-order valence-corrected chi connectivity index (χ4v) is 2.51. The molecule has 1 N–H and O–H groups in total. The molecule has 0 amide bonds. The van der Waals surface area contributed by atoms with E-state index in [1.54, 1.807) is 14.2 Å². The molecule has 0 spiro atoms. The van der Waals surface area contributed by atoms with E-state index < -0.39 is 0 Å². The second-order valence-corrected chi connectivity index (χ2v) is 5.74. The predicted octanol–water partition coefficient (Wildman–Crippen LogP) is 3.98. The van der Waals surface area contributed by atoms with Crippen molar-refractivity contribution >= 4 is 5.69 Å². The van der Waals surface area contributed by atoms with Crippen molar-refractivity contribution in [2.75, 3.05) is 19.5 Å². The molecule has 0 radical (unpaired) electrons. The summed E-state index contributed by atoms with van der Waals surface area (Å²) in [5, 5.41) is 11.6. The Bertz CT molecular complexity index is 874. The molecular weight excluding hydrogens is 318 g/mol. The number of rotatable bonds is 6. The topological polar surface area (TPSA) is 69.4 Å². The third kappa shape index (κ3) is 3.74. The van der Waals surface area contributed by atoms with Crippen molar-refractivity contribution in [3.63, 3.8) is 0 Å². The van der Waals surface area contributed by atoms with E-state index in [0.717, 1.165) is 11.3 Å². The monoisotopic (exact) mass is 339 g/mol. The molecule has 0 bridgehead atoms. The number of aromatic nitrogens is 2. The maximum Gasteiger partial charge on any atom is 0.247 e. The van der Waals surface area contributed by atoms with Gasteiger partial charge in [-0.15, -0.1) is 10.2 Å². The van der Waals surface area contributed by atoms with Gasteiger partial charge in [0.15, 0.2) is 11.5 Å². The number of benzene rings is 2. The van der Waals surface area contributed by atoms with Gasteiger partial charge in [0, 0.05) is 11.3 Å². The molecule has 0 aliphatic carbocycles. The molecule has 0 saturated heterocycles. The molecule has 0 aliphatic heterocycles. The second-order valence-electron chi connectivity index (χ2n) is 5.74. The van der Waals surface area contributed by atoms with Gasteiger partial charge in [-0.05, 0) is 49.2 Å². The van der Waals surface area contributed by atoms with E-state index in [9.17, 15) is 0 Å². The fraction of sp³-hybridized carbons (Fsp3) is 0.263. The lowest BCUT2D eigenvalue weighted by atomic mass is 10.1. The molecule has 0 aliphatic rings. The van der Waals surface area contributed by atoms with Crippen molar-refractivity contribution in [1.29, 1.82) is 0 Å². The summed E-state index contributed by atoms with van der Waals surface area (Å²) in [6.45, 7) is 4.59. The van der Waals surface area contributed by atoms with Gasteiger partial charge in [-0.2, -0.15) is 0 Å². The zero-order chi connectivity index (χ0) is 17.8. The maximum atomic E-state index is 5.75. The molecule has 6 nitrogen and oxygen atoms in total. The Labute approximate surface area is 146 Å². The van der Waals surface area contributed by atoms with Crippen LogP contribution in [0.1, 0.15) is 17.0 Å². The van der Waals surface area contributed by atoms with Crippen molar-refractivity contribution < 1.29 is 13.9 Å². The molecule has 130 valence electrons. The first-order valence-electron chi connectivity index (χ1n) is 7.96. The van der Waals surface area contributed by atoms with Crippen molar-refractivity contribution in [3.05, 3.63) is 53.4 Å². The van der Waals surface area contributed by atoms with Crippen molar-refractivity contribution in [2.45, 2.75) is 20.4 Å². The van der Waals surface area contributed by atoms with Gasteiger partial charge < -0.3 is 19.2 Å². The van der Waals surface area contributed by atoms with Crippen LogP contribution in [0.2, 0.25) is 0 Å². The molecule has 2 aromatic carbocycles. The number of hydrogen-bond acceptors (Lipinski definition) is 6. The van der Waals surface area contributed by atoms with Crippen LogP contribution in [0, 0.1) is 13.8 Å². The summed E-state index contributed by atoms with van der Waals surface area (Å²) in [5.74, 6) is 2.24. The average molecular weight is 339 g/mol. The number of methoxy groups -OCH3 is 2. The Hall–Kier alpha value is -3.02. The summed E-state index contributed by atoms with van der Waals surface area (Å²) >= 11 is 0. The van der Waals surface area contributed by atoms with Gasteiger partial charge in [0.05, 0.1) is 20.8 Å². The summed E-state index contributed by atoms with van der Waals surface area (Å²) in [7, 11) is 3.19. The predicted molar refractivity (Wildman–Crippen MR) is 96.1 cm³/mol. The molecule has 1 heterocycles. The van der Waals surface area contributed by atoms with Crippen LogP contribution in [0.5, 0.6) is 11.5 Å². The highest BCUT2D eigenvalue weighted by atomic mass is 16.5. The van der Waals surface area contributed by atoms with Gasteiger partial charge in [-0.3, -0.25) is 0 Å². The van der Waals surface area contributed by atoms with Crippen LogP contribution in [0.25, 0.3) is 11.5 Å². The molecule has 0 saturated carbocycles. The van der Waals surface area contributed by atoms with E-state index in [4.69, 9.17) is 13.9 Å². The maximum absolute atomic E-state index is 5.75. The van der Waals surface area contributed by atoms with Crippen molar-refractivity contribution in [1.82, 2.24) is 10.2 Å². The number of ether oxygens (including phenoxy) is 2. The fourth-order valence-electron chi connectivity index (χ4n) is 2.51. The van der Waals surface area contributed by atoms with Crippen LogP contribution in [0.15, 0.2) is 40.8 Å². The zero-order valence-electron chi connectivity index (χ0n) is 14.8. The third-order valence-corrected chi connectivity index (χ3v) is 3.92. The summed E-state index contributed by atoms with van der Waals surface area (Å²) in [5.41, 5.74) is 4.21. The molecule has 6 heteroatoms. The first-order valence-corrected chi connectivity index (χ1v) is 7.96. The van der Waals surface area contributed by atoms with Crippen LogP contribution >= 0.6 is 0 Å². The second kappa shape index (κ2) is 7.25. The minimum Gasteiger partial charge on any atom is -0.493 e. The van der Waals surface area contributed by atoms with Crippen molar-refractivity contribution in [2.24, 2.45) is 0 Å². The van der Waals surface area contributed by atoms with E-state index in [1.807, 2.05) is 18.2 Å². The SMILES string of the molecule is COc1ccc(-c2nnc(CNc3cc(C)ccc3C)o2)cc1OC. The van der Waals surface area contributed by atoms with Crippen molar-refractivity contribution in [3.8, 4) is 23.0 Å². The molecular formula is C19H21N3O3. The summed E-state index contributed by atoms with van der Waals surface area (Å²) in [6.07, 6.45) is 0. The first-order chi connectivity index (χ1) is 12.1. The van der Waals surface area contributed by atoms with E-state index in [1.165, 1.54) is 11.1 Å². The van der Waals surface area contributed by atoms with Gasteiger partial charge in [-0.25, -0.2) is 0 Å². The lowest BCUT2D eigenvalue weighted by Crippen LogP contribution is -2.01. The summed E-state index contributed by atoms with van der Waals surface area (Å²) in [6, 6.07) is 11.8. The van der Waals surface area contributed by atoms with Crippen LogP contribution in [0.4, 0.5) is 5.69 Å². The minimum absolute atomic E-state index is 0.443. The quantitative estimate of drug-likeness (QED) is 0.732. The molecule has 3 rings (SSSR count). The minimum atomic E-state index is 0.443. The molecule has 3 aromatic rings. The van der Waals surface area contributed by atoms with E-state index >= 15 is 0 Å². The largest absolute Gasteiger partial charge is 0.493 e. The average Bonchev–Trinajstić information content (AvgIpc) is 3.11. The molecule has 0 unspecified atom stereocenters. The molecule has 0 atom stereocenters. The Kier molecular flexibility index (Phi) is 4.88. The standard InChI is InChI=1S/C19H21N3O3/c1-12-5-6-13(2)15(9-12)20-11-18-21-22-19(25-18)14-7-8-16(23-3)17(10-14)24-4/h5-10,20H,11H2,1-4H3. The van der Waals surface area contributed by atoms with Gasteiger partial charge >= 0.3 is 0 Å². The van der Waals surface area contributed by atoms with Gasteiger partial charge in [0.2, 0.25) is 11.8 Å². The van der Waals surface area contributed by atoms with Crippen LogP contribution in [0.3, 0.4) is 0 Å². The highest BCUT2D eigenvalue weighted by Crippen LogP contribution is 2.31. The van der Waals surface area contributed by atoms with E-state index in [-0.39, 0.29) is 0 Å². The van der Waals surface area contributed by atoms with Crippen LogP contribution < -0.4 is 14.8 Å². The normalized spacial score (nSPS) is 10.6. The number of anilines is 1. The highest BCUT2D eigenvalue weighted by Gasteiger charge is 2.12. The summed E-state index contributed by atoms with van der Waals surface area (Å²) in [4.78, 5) is 0. The number of aryl methyl sites for hydroxylation is 2. The van der Waals surface area contributed by atoms with Gasteiger partial charge in [0.1, 0.15) is 0 Å². The zero-order valence-corrected chi connectivity index (χ0v) is 14.8. The van der Waals surface area contributed by atoms with E-state index in [2.05, 4.69) is 47.6 Å². The first kappa shape index (κ1) is 16.8. The lowest BCUT2D eigenvalue weighted by Gasteiger charge is -2.08. The van der Waals surface area contributed by atoms with Crippen LogP contribution in [-0.2, 0) is 6.54 Å². The van der Waals surface area contributed by atoms with E-state index in [0.29, 0.717) is 29.8 Å². The Morgan fingerprint density at radius 2 is 1.76 bits per heavy atom. The lowest BCUT2D eigenvalue weighted by molar-refractivity contribution is 0.355. The molecule has 1 aromatic heterocycles. The summed E-state index contributed by atoms with van der Waals surface area (Å²) < 4.78 is 16.3. The highest BCUT2D eigenvalue weighted by molar-refractivity contribution is 5.59. The van der Waals surface area contributed by atoms with Gasteiger partial charge in [0.25, 0.3) is 0 Å².